The second-order valence-corrected chi connectivity index (χ2v) is 8.62. The molecular formula is C20H41Cl2N3O. The van der Waals surface area contributed by atoms with E-state index in [1.54, 1.807) is 0 Å². The molecular weight excluding hydrogens is 369 g/mol. The summed E-state index contributed by atoms with van der Waals surface area (Å²) in [4.78, 5) is 15.0. The summed E-state index contributed by atoms with van der Waals surface area (Å²) in [6, 6.07) is 0.480. The highest BCUT2D eigenvalue weighted by molar-refractivity contribution is 5.85. The number of hydrogen-bond donors (Lipinski definition) is 2. The van der Waals surface area contributed by atoms with Gasteiger partial charge in [0.15, 0.2) is 0 Å². The van der Waals surface area contributed by atoms with E-state index >= 15 is 0 Å². The highest BCUT2D eigenvalue weighted by Crippen LogP contribution is 2.23. The zero-order chi connectivity index (χ0) is 17.5. The maximum atomic E-state index is 12.4. The molecule has 6 heteroatoms. The summed E-state index contributed by atoms with van der Waals surface area (Å²) in [5.74, 6) is 2.82. The van der Waals surface area contributed by atoms with E-state index in [0.717, 1.165) is 25.6 Å². The fourth-order valence-electron chi connectivity index (χ4n) is 4.26. The van der Waals surface area contributed by atoms with Crippen molar-refractivity contribution in [2.75, 3.05) is 32.7 Å². The molecule has 3 unspecified atom stereocenters. The monoisotopic (exact) mass is 409 g/mol. The number of carbonyl (C=O) groups is 1. The van der Waals surface area contributed by atoms with Gasteiger partial charge in [0.25, 0.3) is 0 Å². The molecule has 2 saturated heterocycles. The maximum Gasteiger partial charge on any atom is 0.220 e. The normalized spacial score (nSPS) is 24.3. The largest absolute Gasteiger partial charge is 0.355 e. The number of likely N-dealkylation sites (tertiary alicyclic amines) is 1. The van der Waals surface area contributed by atoms with Crippen LogP contribution in [0.15, 0.2) is 0 Å². The van der Waals surface area contributed by atoms with Crippen LogP contribution in [0.3, 0.4) is 0 Å². The van der Waals surface area contributed by atoms with Crippen molar-refractivity contribution in [1.82, 2.24) is 15.5 Å². The first-order valence-electron chi connectivity index (χ1n) is 10.2. The van der Waals surface area contributed by atoms with E-state index in [9.17, 15) is 4.79 Å². The highest BCUT2D eigenvalue weighted by atomic mass is 35.5. The first kappa shape index (κ1) is 26.0. The second kappa shape index (κ2) is 13.2. The number of hydrogen-bond acceptors (Lipinski definition) is 3. The molecule has 156 valence electrons. The van der Waals surface area contributed by atoms with Crippen molar-refractivity contribution in [3.8, 4) is 0 Å². The molecule has 2 fully saturated rings. The Morgan fingerprint density at radius 1 is 1.15 bits per heavy atom. The van der Waals surface area contributed by atoms with Crippen LogP contribution in [0.4, 0.5) is 0 Å². The summed E-state index contributed by atoms with van der Waals surface area (Å²) >= 11 is 0. The van der Waals surface area contributed by atoms with Crippen molar-refractivity contribution in [1.29, 1.82) is 0 Å². The van der Waals surface area contributed by atoms with Crippen LogP contribution in [0, 0.1) is 23.7 Å². The molecule has 2 N–H and O–H groups in total. The third-order valence-corrected chi connectivity index (χ3v) is 6.21. The molecule has 0 bridgehead atoms. The molecule has 0 spiro atoms. The van der Waals surface area contributed by atoms with E-state index in [-0.39, 0.29) is 30.7 Å². The van der Waals surface area contributed by atoms with Crippen molar-refractivity contribution < 1.29 is 4.79 Å². The number of nitrogens with zero attached hydrogens (tertiary/aromatic N) is 1. The Morgan fingerprint density at radius 2 is 1.81 bits per heavy atom. The zero-order valence-corrected chi connectivity index (χ0v) is 18.8. The molecule has 2 aliphatic rings. The van der Waals surface area contributed by atoms with Crippen LogP contribution in [-0.2, 0) is 4.79 Å². The van der Waals surface area contributed by atoms with E-state index < -0.39 is 0 Å². The van der Waals surface area contributed by atoms with Gasteiger partial charge in [0.1, 0.15) is 0 Å². The van der Waals surface area contributed by atoms with Gasteiger partial charge in [0, 0.05) is 19.0 Å². The standard InChI is InChI=1S/C20H39N3O.2ClH/c1-15(2)19(23-10-7-16(3)8-11-23)14-22-20(24)12-17(4)18-6-5-9-21-13-18;;/h15-19,21H,5-14H2,1-4H3,(H,22,24);2*1H. The minimum Gasteiger partial charge on any atom is -0.355 e. The second-order valence-electron chi connectivity index (χ2n) is 8.62. The number of rotatable bonds is 7. The summed E-state index contributed by atoms with van der Waals surface area (Å²) in [6.45, 7) is 14.5. The van der Waals surface area contributed by atoms with Crippen molar-refractivity contribution in [2.45, 2.75) is 65.8 Å². The van der Waals surface area contributed by atoms with Crippen LogP contribution < -0.4 is 10.6 Å². The highest BCUT2D eigenvalue weighted by Gasteiger charge is 2.27. The third kappa shape index (κ3) is 8.33. The van der Waals surface area contributed by atoms with E-state index in [0.29, 0.717) is 30.2 Å². The van der Waals surface area contributed by atoms with Gasteiger partial charge in [-0.25, -0.2) is 0 Å². The molecule has 4 nitrogen and oxygen atoms in total. The quantitative estimate of drug-likeness (QED) is 0.672. The lowest BCUT2D eigenvalue weighted by atomic mass is 9.85. The molecule has 0 aliphatic carbocycles. The molecule has 0 saturated carbocycles. The molecule has 2 aliphatic heterocycles. The van der Waals surface area contributed by atoms with Crippen LogP contribution in [0.5, 0.6) is 0 Å². The fourth-order valence-corrected chi connectivity index (χ4v) is 4.26. The summed E-state index contributed by atoms with van der Waals surface area (Å²) in [5.41, 5.74) is 0. The third-order valence-electron chi connectivity index (χ3n) is 6.21. The van der Waals surface area contributed by atoms with Gasteiger partial charge in [-0.15, -0.1) is 24.8 Å². The van der Waals surface area contributed by atoms with Crippen molar-refractivity contribution >= 4 is 30.7 Å². The molecule has 2 heterocycles. The van der Waals surface area contributed by atoms with Gasteiger partial charge in [-0.1, -0.05) is 27.7 Å². The molecule has 0 radical (unpaired) electrons. The molecule has 0 aromatic rings. The number of halogens is 2. The van der Waals surface area contributed by atoms with Gasteiger partial charge < -0.3 is 10.6 Å². The van der Waals surface area contributed by atoms with Crippen LogP contribution in [-0.4, -0.2) is 49.6 Å². The van der Waals surface area contributed by atoms with E-state index in [1.807, 2.05) is 0 Å². The van der Waals surface area contributed by atoms with Crippen LogP contribution in [0.2, 0.25) is 0 Å². The molecule has 1 amide bonds. The maximum absolute atomic E-state index is 12.4. The predicted molar refractivity (Wildman–Crippen MR) is 115 cm³/mol. The summed E-state index contributed by atoms with van der Waals surface area (Å²) in [7, 11) is 0. The van der Waals surface area contributed by atoms with Crippen LogP contribution in [0.25, 0.3) is 0 Å². The topological polar surface area (TPSA) is 44.4 Å². The minimum atomic E-state index is 0. The summed E-state index contributed by atoms with van der Waals surface area (Å²) < 4.78 is 0. The fraction of sp³-hybridized carbons (Fsp3) is 0.950. The number of carbonyl (C=O) groups excluding carboxylic acids is 1. The lowest BCUT2D eigenvalue weighted by Gasteiger charge is -2.39. The average molecular weight is 410 g/mol. The Hall–Kier alpha value is -0.0300. The van der Waals surface area contributed by atoms with E-state index in [4.69, 9.17) is 0 Å². The first-order chi connectivity index (χ1) is 11.5. The van der Waals surface area contributed by atoms with Gasteiger partial charge >= 0.3 is 0 Å². The average Bonchev–Trinajstić information content (AvgIpc) is 2.57. The molecule has 2 rings (SSSR count). The van der Waals surface area contributed by atoms with Crippen LogP contribution >= 0.6 is 24.8 Å². The van der Waals surface area contributed by atoms with Crippen molar-refractivity contribution in [3.05, 3.63) is 0 Å². The Kier molecular flexibility index (Phi) is 13.2. The number of amides is 1. The first-order valence-corrected chi connectivity index (χ1v) is 10.2. The summed E-state index contributed by atoms with van der Waals surface area (Å²) in [6.07, 6.45) is 5.78. The zero-order valence-electron chi connectivity index (χ0n) is 17.1. The van der Waals surface area contributed by atoms with Gasteiger partial charge in [-0.05, 0) is 75.5 Å². The predicted octanol–water partition coefficient (Wildman–Crippen LogP) is 3.73. The SMILES string of the molecule is CC1CCN(C(CNC(=O)CC(C)C2CCCNC2)C(C)C)CC1.Cl.Cl. The molecule has 3 atom stereocenters. The summed E-state index contributed by atoms with van der Waals surface area (Å²) in [5, 5.41) is 6.70. The Morgan fingerprint density at radius 3 is 2.35 bits per heavy atom. The van der Waals surface area contributed by atoms with Gasteiger partial charge in [-0.3, -0.25) is 9.69 Å². The van der Waals surface area contributed by atoms with E-state index in [1.165, 1.54) is 38.8 Å². The van der Waals surface area contributed by atoms with Crippen molar-refractivity contribution in [2.24, 2.45) is 23.7 Å². The Balaban J connectivity index is 0.00000312. The smallest absolute Gasteiger partial charge is 0.220 e. The Bertz CT molecular complexity index is 381. The molecule has 0 aromatic heterocycles. The lowest BCUT2D eigenvalue weighted by molar-refractivity contribution is -0.122. The lowest BCUT2D eigenvalue weighted by Crippen LogP contribution is -2.49. The number of piperidine rings is 2. The Labute approximate surface area is 173 Å². The number of nitrogens with one attached hydrogen (secondary N) is 2. The van der Waals surface area contributed by atoms with Gasteiger partial charge in [-0.2, -0.15) is 0 Å². The molecule has 26 heavy (non-hydrogen) atoms. The van der Waals surface area contributed by atoms with Crippen LogP contribution in [0.1, 0.15) is 59.8 Å². The van der Waals surface area contributed by atoms with E-state index in [2.05, 4.69) is 43.2 Å². The van der Waals surface area contributed by atoms with Gasteiger partial charge in [0.05, 0.1) is 0 Å². The minimum absolute atomic E-state index is 0. The van der Waals surface area contributed by atoms with Gasteiger partial charge in [0.2, 0.25) is 5.91 Å². The van der Waals surface area contributed by atoms with Crippen molar-refractivity contribution in [3.63, 3.8) is 0 Å². The molecule has 0 aromatic carbocycles.